The highest BCUT2D eigenvalue weighted by Gasteiger charge is 2.17. The van der Waals surface area contributed by atoms with Crippen LogP contribution in [0.3, 0.4) is 0 Å². The van der Waals surface area contributed by atoms with Crippen molar-refractivity contribution < 1.29 is 14.6 Å². The summed E-state index contributed by atoms with van der Waals surface area (Å²) in [7, 11) is 1.63. The zero-order chi connectivity index (χ0) is 13.0. The molecule has 0 aromatic heterocycles. The number of hydrogen-bond acceptors (Lipinski definition) is 3. The molecule has 0 saturated heterocycles. The third-order valence-electron chi connectivity index (χ3n) is 3.01. The van der Waals surface area contributed by atoms with Gasteiger partial charge < -0.3 is 14.6 Å². The number of rotatable bonds is 5. The first-order valence-corrected chi connectivity index (χ1v) is 6.07. The van der Waals surface area contributed by atoms with Gasteiger partial charge in [-0.2, -0.15) is 0 Å². The van der Waals surface area contributed by atoms with Crippen LogP contribution in [0.2, 0.25) is 0 Å². The van der Waals surface area contributed by atoms with Crippen LogP contribution in [0.1, 0.15) is 22.3 Å². The second-order valence-electron chi connectivity index (χ2n) is 4.01. The van der Waals surface area contributed by atoms with Gasteiger partial charge in [-0.05, 0) is 37.5 Å². The van der Waals surface area contributed by atoms with Crippen LogP contribution < -0.4 is 4.74 Å². The van der Waals surface area contributed by atoms with Crippen molar-refractivity contribution in [3.05, 3.63) is 22.3 Å². The van der Waals surface area contributed by atoms with Gasteiger partial charge in [-0.15, -0.1) is 11.6 Å². The van der Waals surface area contributed by atoms with Gasteiger partial charge in [-0.25, -0.2) is 0 Å². The molecular weight excluding hydrogens is 240 g/mol. The summed E-state index contributed by atoms with van der Waals surface area (Å²) >= 11 is 5.92. The van der Waals surface area contributed by atoms with Crippen LogP contribution in [0.5, 0.6) is 11.5 Å². The van der Waals surface area contributed by atoms with Gasteiger partial charge in [0.15, 0.2) is 0 Å². The molecule has 0 saturated carbocycles. The van der Waals surface area contributed by atoms with Crippen LogP contribution in [0.25, 0.3) is 0 Å². The predicted octanol–water partition coefficient (Wildman–Crippen LogP) is 3.08. The highest BCUT2D eigenvalue weighted by atomic mass is 35.5. The highest BCUT2D eigenvalue weighted by Crippen LogP contribution is 2.37. The summed E-state index contributed by atoms with van der Waals surface area (Å²) in [6.45, 7) is 6.65. The molecule has 4 heteroatoms. The molecule has 0 bridgehead atoms. The molecule has 0 atom stereocenters. The second kappa shape index (κ2) is 6.12. The van der Waals surface area contributed by atoms with Gasteiger partial charge in [0.05, 0.1) is 12.5 Å². The maximum absolute atomic E-state index is 9.96. The Morgan fingerprint density at radius 2 is 1.71 bits per heavy atom. The van der Waals surface area contributed by atoms with E-state index in [9.17, 15) is 5.11 Å². The summed E-state index contributed by atoms with van der Waals surface area (Å²) in [5.74, 6) is 1.39. The summed E-state index contributed by atoms with van der Waals surface area (Å²) < 4.78 is 10.6. The summed E-state index contributed by atoms with van der Waals surface area (Å²) in [4.78, 5) is 0. The van der Waals surface area contributed by atoms with E-state index in [0.29, 0.717) is 24.8 Å². The summed E-state index contributed by atoms with van der Waals surface area (Å²) in [6, 6.07) is 0. The molecule has 1 rings (SSSR count). The largest absolute Gasteiger partial charge is 0.507 e. The van der Waals surface area contributed by atoms with Gasteiger partial charge in [-0.3, -0.25) is 0 Å². The van der Waals surface area contributed by atoms with Crippen LogP contribution >= 0.6 is 11.6 Å². The van der Waals surface area contributed by atoms with Crippen molar-refractivity contribution >= 4 is 11.6 Å². The number of aromatic hydroxyl groups is 1. The molecule has 1 aromatic rings. The molecule has 1 aromatic carbocycles. The Kier molecular flexibility index (Phi) is 5.09. The van der Waals surface area contributed by atoms with Crippen LogP contribution in [0.15, 0.2) is 0 Å². The monoisotopic (exact) mass is 258 g/mol. The molecule has 0 heterocycles. The lowest BCUT2D eigenvalue weighted by molar-refractivity contribution is 0.145. The molecule has 0 radical (unpaired) electrons. The van der Waals surface area contributed by atoms with E-state index in [1.165, 1.54) is 0 Å². The molecule has 0 aliphatic rings. The number of phenolic OH excluding ortho intramolecular Hbond substituents is 1. The van der Waals surface area contributed by atoms with Gasteiger partial charge in [0, 0.05) is 12.7 Å². The highest BCUT2D eigenvalue weighted by molar-refractivity contribution is 6.17. The van der Waals surface area contributed by atoms with E-state index in [-0.39, 0.29) is 0 Å². The summed E-state index contributed by atoms with van der Waals surface area (Å²) in [5.41, 5.74) is 3.41. The fraction of sp³-hybridized carbons (Fsp3) is 0.538. The number of alkyl halides is 1. The standard InChI is InChI=1S/C13H19ClO3/c1-8-9(2)13(17-6-5-16-4)11(7-14)10(3)12(8)15/h15H,5-7H2,1-4H3. The minimum atomic E-state index is 0.303. The summed E-state index contributed by atoms with van der Waals surface area (Å²) in [5, 5.41) is 9.96. The third-order valence-corrected chi connectivity index (χ3v) is 3.28. The lowest BCUT2D eigenvalue weighted by Crippen LogP contribution is -2.08. The van der Waals surface area contributed by atoms with Crippen LogP contribution in [-0.4, -0.2) is 25.4 Å². The predicted molar refractivity (Wildman–Crippen MR) is 69.2 cm³/mol. The van der Waals surface area contributed by atoms with E-state index in [1.54, 1.807) is 7.11 Å². The van der Waals surface area contributed by atoms with E-state index in [2.05, 4.69) is 0 Å². The molecule has 1 N–H and O–H groups in total. The Morgan fingerprint density at radius 1 is 1.06 bits per heavy atom. The number of methoxy groups -OCH3 is 1. The SMILES string of the molecule is COCCOc1c(C)c(C)c(O)c(C)c1CCl. The fourth-order valence-corrected chi connectivity index (χ4v) is 2.07. The quantitative estimate of drug-likeness (QED) is 0.652. The van der Waals surface area contributed by atoms with E-state index in [1.807, 2.05) is 20.8 Å². The lowest BCUT2D eigenvalue weighted by Gasteiger charge is -2.18. The lowest BCUT2D eigenvalue weighted by atomic mass is 9.98. The van der Waals surface area contributed by atoms with E-state index < -0.39 is 0 Å². The first-order valence-electron chi connectivity index (χ1n) is 5.53. The number of halogens is 1. The molecule has 3 nitrogen and oxygen atoms in total. The van der Waals surface area contributed by atoms with Crippen molar-refractivity contribution in [2.45, 2.75) is 26.7 Å². The molecule has 0 aliphatic carbocycles. The van der Waals surface area contributed by atoms with Crippen molar-refractivity contribution in [1.29, 1.82) is 0 Å². The van der Waals surface area contributed by atoms with E-state index >= 15 is 0 Å². The Hall–Kier alpha value is -0.930. The topological polar surface area (TPSA) is 38.7 Å². The number of phenols is 1. The smallest absolute Gasteiger partial charge is 0.127 e. The van der Waals surface area contributed by atoms with Gasteiger partial charge in [0.1, 0.15) is 18.1 Å². The summed E-state index contributed by atoms with van der Waals surface area (Å²) in [6.07, 6.45) is 0. The zero-order valence-corrected chi connectivity index (χ0v) is 11.5. The minimum Gasteiger partial charge on any atom is -0.507 e. The average Bonchev–Trinajstić information content (AvgIpc) is 2.33. The Bertz CT molecular complexity index is 402. The molecule has 0 aliphatic heterocycles. The van der Waals surface area contributed by atoms with Gasteiger partial charge in [0.25, 0.3) is 0 Å². The normalized spacial score (nSPS) is 10.6. The molecule has 96 valence electrons. The van der Waals surface area contributed by atoms with E-state index in [0.717, 1.165) is 28.0 Å². The zero-order valence-electron chi connectivity index (χ0n) is 10.8. The molecule has 0 unspecified atom stereocenters. The first-order chi connectivity index (χ1) is 8.04. The average molecular weight is 259 g/mol. The van der Waals surface area contributed by atoms with Gasteiger partial charge in [-0.1, -0.05) is 0 Å². The Balaban J connectivity index is 3.17. The minimum absolute atomic E-state index is 0.303. The van der Waals surface area contributed by atoms with Crippen LogP contribution in [0, 0.1) is 20.8 Å². The number of ether oxygens (including phenoxy) is 2. The van der Waals surface area contributed by atoms with Gasteiger partial charge in [0.2, 0.25) is 0 Å². The van der Waals surface area contributed by atoms with Gasteiger partial charge >= 0.3 is 0 Å². The molecule has 0 spiro atoms. The van der Waals surface area contributed by atoms with Crippen molar-refractivity contribution in [3.8, 4) is 11.5 Å². The first kappa shape index (κ1) is 14.1. The van der Waals surface area contributed by atoms with Crippen LogP contribution in [-0.2, 0) is 10.6 Å². The molecular formula is C13H19ClO3. The van der Waals surface area contributed by atoms with E-state index in [4.69, 9.17) is 21.1 Å². The Morgan fingerprint density at radius 3 is 2.24 bits per heavy atom. The van der Waals surface area contributed by atoms with Crippen LogP contribution in [0.4, 0.5) is 0 Å². The maximum Gasteiger partial charge on any atom is 0.127 e. The number of hydrogen-bond donors (Lipinski definition) is 1. The van der Waals surface area contributed by atoms with Crippen molar-refractivity contribution in [3.63, 3.8) is 0 Å². The fourth-order valence-electron chi connectivity index (χ4n) is 1.75. The van der Waals surface area contributed by atoms with Crippen molar-refractivity contribution in [2.24, 2.45) is 0 Å². The second-order valence-corrected chi connectivity index (χ2v) is 4.27. The Labute approximate surface area is 107 Å². The number of benzene rings is 1. The third kappa shape index (κ3) is 2.85. The molecule has 17 heavy (non-hydrogen) atoms. The molecule has 0 amide bonds. The van der Waals surface area contributed by atoms with Crippen molar-refractivity contribution in [1.82, 2.24) is 0 Å². The molecule has 0 fully saturated rings. The maximum atomic E-state index is 9.96. The van der Waals surface area contributed by atoms with Crippen molar-refractivity contribution in [2.75, 3.05) is 20.3 Å².